The van der Waals surface area contributed by atoms with E-state index in [0.29, 0.717) is 11.3 Å². The molecule has 0 saturated heterocycles. The number of thiophene rings is 1. The van der Waals surface area contributed by atoms with Crippen molar-refractivity contribution in [2.24, 2.45) is 5.73 Å². The Labute approximate surface area is 130 Å². The molecule has 0 aliphatic carbocycles. The van der Waals surface area contributed by atoms with Crippen molar-refractivity contribution >= 4 is 27.3 Å². The first kappa shape index (κ1) is 15.5. The van der Waals surface area contributed by atoms with Gasteiger partial charge in [-0.1, -0.05) is 13.0 Å². The second-order valence-corrected chi connectivity index (χ2v) is 7.16. The molecule has 0 saturated carbocycles. The number of halogens is 2. The number of hydrogen-bond acceptors (Lipinski definition) is 3. The van der Waals surface area contributed by atoms with Gasteiger partial charge in [0.2, 0.25) is 0 Å². The molecular formula is C15H17BrFNOS. The summed E-state index contributed by atoms with van der Waals surface area (Å²) >= 11 is 5.02. The summed E-state index contributed by atoms with van der Waals surface area (Å²) < 4.78 is 20.6. The zero-order valence-corrected chi connectivity index (χ0v) is 13.8. The number of aryl methyl sites for hydroxylation is 1. The van der Waals surface area contributed by atoms with Crippen LogP contribution in [0.15, 0.2) is 34.1 Å². The Bertz CT molecular complexity index is 587. The summed E-state index contributed by atoms with van der Waals surface area (Å²) in [5, 5.41) is 0. The fourth-order valence-corrected chi connectivity index (χ4v) is 3.37. The molecule has 1 heterocycles. The van der Waals surface area contributed by atoms with Crippen molar-refractivity contribution in [3.63, 3.8) is 0 Å². The van der Waals surface area contributed by atoms with E-state index in [9.17, 15) is 4.39 Å². The van der Waals surface area contributed by atoms with Gasteiger partial charge in [-0.05, 0) is 53.0 Å². The Morgan fingerprint density at radius 1 is 1.35 bits per heavy atom. The monoisotopic (exact) mass is 357 g/mol. The summed E-state index contributed by atoms with van der Waals surface area (Å²) in [6.07, 6.45) is 0.521. The molecule has 2 unspecified atom stereocenters. The van der Waals surface area contributed by atoms with Gasteiger partial charge >= 0.3 is 0 Å². The van der Waals surface area contributed by atoms with Crippen molar-refractivity contribution in [3.8, 4) is 5.75 Å². The minimum absolute atomic E-state index is 0.134. The molecule has 2 atom stereocenters. The van der Waals surface area contributed by atoms with E-state index in [2.05, 4.69) is 15.9 Å². The van der Waals surface area contributed by atoms with Gasteiger partial charge in [-0.25, -0.2) is 4.39 Å². The number of benzene rings is 1. The van der Waals surface area contributed by atoms with Crippen LogP contribution in [0.25, 0.3) is 0 Å². The van der Waals surface area contributed by atoms with Crippen LogP contribution in [0, 0.1) is 12.7 Å². The third kappa shape index (κ3) is 3.59. The van der Waals surface area contributed by atoms with E-state index in [4.69, 9.17) is 10.5 Å². The molecule has 2 aromatic rings. The van der Waals surface area contributed by atoms with Crippen LogP contribution in [0.5, 0.6) is 5.75 Å². The first-order valence-corrected chi connectivity index (χ1v) is 8.05. The molecule has 0 radical (unpaired) electrons. The molecule has 5 heteroatoms. The molecule has 0 aliphatic rings. The van der Waals surface area contributed by atoms with E-state index in [1.54, 1.807) is 30.4 Å². The zero-order chi connectivity index (χ0) is 14.7. The van der Waals surface area contributed by atoms with Crippen LogP contribution in [-0.4, -0.2) is 6.04 Å². The highest BCUT2D eigenvalue weighted by molar-refractivity contribution is 9.11. The van der Waals surface area contributed by atoms with Gasteiger partial charge in [0.15, 0.2) is 0 Å². The van der Waals surface area contributed by atoms with Gasteiger partial charge in [0.1, 0.15) is 17.7 Å². The number of hydrogen-bond donors (Lipinski definition) is 1. The van der Waals surface area contributed by atoms with Crippen LogP contribution in [-0.2, 0) is 0 Å². The Kier molecular flexibility index (Phi) is 5.18. The molecule has 0 amide bonds. The number of nitrogens with two attached hydrogens (primary N) is 1. The van der Waals surface area contributed by atoms with Crippen LogP contribution in [0.1, 0.15) is 29.9 Å². The molecule has 0 spiro atoms. The summed E-state index contributed by atoms with van der Waals surface area (Å²) in [5.41, 5.74) is 6.75. The van der Waals surface area contributed by atoms with Gasteiger partial charge in [-0.15, -0.1) is 11.3 Å². The Hall–Kier alpha value is -0.910. The van der Waals surface area contributed by atoms with Crippen LogP contribution in [0.4, 0.5) is 4.39 Å². The average molecular weight is 358 g/mol. The van der Waals surface area contributed by atoms with Crippen LogP contribution >= 0.6 is 27.3 Å². The molecule has 1 aromatic carbocycles. The predicted octanol–water partition coefficient (Wildman–Crippen LogP) is 4.82. The lowest BCUT2D eigenvalue weighted by Gasteiger charge is -2.23. The molecule has 2 N–H and O–H groups in total. The fraction of sp³-hybridized carbons (Fsp3) is 0.333. The van der Waals surface area contributed by atoms with Gasteiger partial charge in [0.25, 0.3) is 0 Å². The van der Waals surface area contributed by atoms with Crippen LogP contribution in [0.3, 0.4) is 0 Å². The van der Waals surface area contributed by atoms with Gasteiger partial charge in [-0.2, -0.15) is 0 Å². The van der Waals surface area contributed by atoms with Crippen LogP contribution < -0.4 is 10.5 Å². The fourth-order valence-electron chi connectivity index (χ4n) is 1.85. The van der Waals surface area contributed by atoms with Gasteiger partial charge < -0.3 is 10.5 Å². The minimum atomic E-state index is -0.265. The second kappa shape index (κ2) is 6.70. The molecular weight excluding hydrogens is 341 g/mol. The van der Waals surface area contributed by atoms with E-state index in [1.807, 2.05) is 19.1 Å². The lowest BCUT2D eigenvalue weighted by atomic mass is 10.1. The maximum Gasteiger partial charge on any atom is 0.148 e. The Morgan fingerprint density at radius 3 is 2.65 bits per heavy atom. The van der Waals surface area contributed by atoms with E-state index in [-0.39, 0.29) is 18.0 Å². The van der Waals surface area contributed by atoms with Crippen molar-refractivity contribution in [3.05, 3.63) is 50.4 Å². The van der Waals surface area contributed by atoms with Gasteiger partial charge in [-0.3, -0.25) is 0 Å². The summed E-state index contributed by atoms with van der Waals surface area (Å²) in [7, 11) is 0. The van der Waals surface area contributed by atoms with E-state index >= 15 is 0 Å². The molecule has 0 fully saturated rings. The topological polar surface area (TPSA) is 35.2 Å². The van der Waals surface area contributed by atoms with Crippen molar-refractivity contribution < 1.29 is 9.13 Å². The molecule has 108 valence electrons. The number of rotatable bonds is 5. The summed E-state index contributed by atoms with van der Waals surface area (Å²) in [6, 6.07) is 8.71. The number of ether oxygens (including phenoxy) is 1. The molecule has 0 bridgehead atoms. The Balaban J connectivity index is 2.25. The molecule has 1 aromatic heterocycles. The normalized spacial score (nSPS) is 14.1. The highest BCUT2D eigenvalue weighted by atomic mass is 79.9. The van der Waals surface area contributed by atoms with Crippen molar-refractivity contribution in [1.82, 2.24) is 0 Å². The van der Waals surface area contributed by atoms with E-state index in [0.717, 1.165) is 15.1 Å². The second-order valence-electron chi connectivity index (χ2n) is 4.66. The third-order valence-electron chi connectivity index (χ3n) is 3.14. The third-order valence-corrected chi connectivity index (χ3v) is 4.83. The van der Waals surface area contributed by atoms with Crippen molar-refractivity contribution in [2.45, 2.75) is 32.4 Å². The first-order chi connectivity index (χ1) is 9.51. The minimum Gasteiger partial charge on any atom is -0.483 e. The molecule has 20 heavy (non-hydrogen) atoms. The lowest BCUT2D eigenvalue weighted by Crippen LogP contribution is -2.30. The standard InChI is InChI=1S/C15H17BrFNOS/c1-3-12(18)15(13-6-7-14(16)20-13)19-10-5-4-9(2)11(17)8-10/h4-8,12,15H,3,18H2,1-2H3. The van der Waals surface area contributed by atoms with E-state index < -0.39 is 0 Å². The molecule has 0 aliphatic heterocycles. The van der Waals surface area contributed by atoms with Crippen molar-refractivity contribution in [1.29, 1.82) is 0 Å². The highest BCUT2D eigenvalue weighted by Gasteiger charge is 2.22. The summed E-state index contributed by atoms with van der Waals surface area (Å²) in [6.45, 7) is 3.74. The van der Waals surface area contributed by atoms with Crippen molar-refractivity contribution in [2.75, 3.05) is 0 Å². The predicted molar refractivity (Wildman–Crippen MR) is 84.8 cm³/mol. The highest BCUT2D eigenvalue weighted by Crippen LogP contribution is 2.33. The quantitative estimate of drug-likeness (QED) is 0.832. The summed E-state index contributed by atoms with van der Waals surface area (Å²) in [5.74, 6) is 0.241. The van der Waals surface area contributed by atoms with Gasteiger partial charge in [0.05, 0.1) is 3.79 Å². The maximum absolute atomic E-state index is 13.6. The Morgan fingerprint density at radius 2 is 2.10 bits per heavy atom. The average Bonchev–Trinajstić information content (AvgIpc) is 2.85. The van der Waals surface area contributed by atoms with Gasteiger partial charge in [0, 0.05) is 17.0 Å². The SMILES string of the molecule is CCC(N)C(Oc1ccc(C)c(F)c1)c1ccc(Br)s1. The maximum atomic E-state index is 13.6. The molecule has 2 nitrogen and oxygen atoms in total. The van der Waals surface area contributed by atoms with Crippen LogP contribution in [0.2, 0.25) is 0 Å². The lowest BCUT2D eigenvalue weighted by molar-refractivity contribution is 0.174. The smallest absolute Gasteiger partial charge is 0.148 e. The zero-order valence-electron chi connectivity index (χ0n) is 11.4. The molecule has 2 rings (SSSR count). The largest absolute Gasteiger partial charge is 0.483 e. The first-order valence-electron chi connectivity index (χ1n) is 6.45. The van der Waals surface area contributed by atoms with E-state index in [1.165, 1.54) is 6.07 Å². The summed E-state index contributed by atoms with van der Waals surface area (Å²) in [4.78, 5) is 1.03.